The van der Waals surface area contributed by atoms with Crippen molar-refractivity contribution in [2.24, 2.45) is 0 Å². The van der Waals surface area contributed by atoms with Crippen molar-refractivity contribution in [3.63, 3.8) is 0 Å². The first-order valence-corrected chi connectivity index (χ1v) is 9.24. The van der Waals surface area contributed by atoms with Crippen LogP contribution in [0.2, 0.25) is 0 Å². The van der Waals surface area contributed by atoms with Gasteiger partial charge in [-0.05, 0) is 55.0 Å². The van der Waals surface area contributed by atoms with Gasteiger partial charge < -0.3 is 5.32 Å². The summed E-state index contributed by atoms with van der Waals surface area (Å²) in [6.45, 7) is 4.01. The highest BCUT2D eigenvalue weighted by Crippen LogP contribution is 2.27. The van der Waals surface area contributed by atoms with Crippen molar-refractivity contribution in [3.05, 3.63) is 84.2 Å². The Morgan fingerprint density at radius 1 is 0.750 bits per heavy atom. The van der Waals surface area contributed by atoms with Crippen molar-refractivity contribution >= 4 is 33.3 Å². The maximum atomic E-state index is 4.85. The molecule has 136 valence electrons. The van der Waals surface area contributed by atoms with Crippen molar-refractivity contribution < 1.29 is 0 Å². The Balaban J connectivity index is 1.67. The zero-order valence-corrected chi connectivity index (χ0v) is 15.7. The summed E-state index contributed by atoms with van der Waals surface area (Å²) >= 11 is 0. The van der Waals surface area contributed by atoms with Gasteiger partial charge in [0.2, 0.25) is 0 Å². The highest BCUT2D eigenvalue weighted by atomic mass is 15.3. The maximum Gasteiger partial charge on any atom is 0.197 e. The van der Waals surface area contributed by atoms with Crippen molar-refractivity contribution in [1.82, 2.24) is 19.7 Å². The minimum absolute atomic E-state index is 0.681. The molecule has 0 spiro atoms. The van der Waals surface area contributed by atoms with Gasteiger partial charge in [-0.15, -0.1) is 0 Å². The van der Waals surface area contributed by atoms with Crippen LogP contribution in [-0.4, -0.2) is 19.7 Å². The van der Waals surface area contributed by atoms with Crippen LogP contribution in [0.1, 0.15) is 11.4 Å². The third kappa shape index (κ3) is 2.87. The number of hydrogen-bond acceptors (Lipinski definition) is 4. The number of hydrogen-bond donors (Lipinski definition) is 1. The summed E-state index contributed by atoms with van der Waals surface area (Å²) in [5.74, 6) is 1.37. The number of aromatic nitrogens is 4. The van der Waals surface area contributed by atoms with Crippen LogP contribution in [0.25, 0.3) is 27.6 Å². The van der Waals surface area contributed by atoms with Crippen LogP contribution in [0.3, 0.4) is 0 Å². The lowest BCUT2D eigenvalue weighted by Gasteiger charge is -2.13. The normalized spacial score (nSPS) is 11.2. The summed E-state index contributed by atoms with van der Waals surface area (Å²) in [6, 6.07) is 24.5. The Morgan fingerprint density at radius 3 is 2.21 bits per heavy atom. The molecule has 0 atom stereocenters. The van der Waals surface area contributed by atoms with E-state index in [1.807, 2.05) is 61.0 Å². The van der Waals surface area contributed by atoms with E-state index in [0.29, 0.717) is 11.6 Å². The van der Waals surface area contributed by atoms with Crippen LogP contribution in [0.5, 0.6) is 0 Å². The molecule has 0 aliphatic rings. The van der Waals surface area contributed by atoms with Crippen molar-refractivity contribution in [2.75, 3.05) is 5.32 Å². The van der Waals surface area contributed by atoms with Crippen molar-refractivity contribution in [2.45, 2.75) is 13.8 Å². The first kappa shape index (κ1) is 16.4. The van der Waals surface area contributed by atoms with Gasteiger partial charge in [0.25, 0.3) is 0 Å². The van der Waals surface area contributed by atoms with Gasteiger partial charge in [-0.2, -0.15) is 5.10 Å². The molecule has 28 heavy (non-hydrogen) atoms. The van der Waals surface area contributed by atoms with Gasteiger partial charge >= 0.3 is 0 Å². The molecule has 0 unspecified atom stereocenters. The molecule has 5 aromatic rings. The second-order valence-electron chi connectivity index (χ2n) is 6.91. The molecule has 5 heteroatoms. The second-order valence-corrected chi connectivity index (χ2v) is 6.91. The van der Waals surface area contributed by atoms with E-state index in [9.17, 15) is 0 Å². The van der Waals surface area contributed by atoms with Gasteiger partial charge in [-0.3, -0.25) is 0 Å². The quantitative estimate of drug-likeness (QED) is 0.469. The van der Waals surface area contributed by atoms with E-state index in [1.165, 1.54) is 10.8 Å². The number of rotatable bonds is 3. The molecular formula is C23H19N5. The van der Waals surface area contributed by atoms with Crippen LogP contribution >= 0.6 is 0 Å². The third-order valence-electron chi connectivity index (χ3n) is 4.77. The largest absolute Gasteiger partial charge is 0.337 e. The summed E-state index contributed by atoms with van der Waals surface area (Å²) in [7, 11) is 0. The SMILES string of the molecule is Cc1cc(C)n(-c2nc3ccccc3nc2Nc2ccc3ccccc3c2)n1. The summed E-state index contributed by atoms with van der Waals surface area (Å²) in [4.78, 5) is 9.70. The molecule has 0 saturated carbocycles. The first-order chi connectivity index (χ1) is 13.7. The molecule has 0 fully saturated rings. The van der Waals surface area contributed by atoms with Crippen molar-refractivity contribution in [1.29, 1.82) is 0 Å². The number of nitrogens with one attached hydrogen (secondary N) is 1. The Hall–Kier alpha value is -3.73. The Kier molecular flexibility index (Phi) is 3.79. The van der Waals surface area contributed by atoms with Gasteiger partial charge in [0.1, 0.15) is 0 Å². The molecule has 3 aromatic carbocycles. The topological polar surface area (TPSA) is 55.6 Å². The van der Waals surface area contributed by atoms with Crippen LogP contribution in [0.15, 0.2) is 72.8 Å². The molecule has 0 saturated heterocycles. The molecule has 0 aliphatic heterocycles. The highest BCUT2D eigenvalue weighted by molar-refractivity contribution is 5.87. The van der Waals surface area contributed by atoms with Crippen LogP contribution in [0.4, 0.5) is 11.5 Å². The fraction of sp³-hybridized carbons (Fsp3) is 0.0870. The summed E-state index contributed by atoms with van der Waals surface area (Å²) in [5, 5.41) is 10.5. The number of anilines is 2. The molecule has 0 aliphatic carbocycles. The zero-order valence-electron chi connectivity index (χ0n) is 15.7. The van der Waals surface area contributed by atoms with Gasteiger partial charge in [0, 0.05) is 11.4 Å². The van der Waals surface area contributed by atoms with E-state index in [2.05, 4.69) is 40.7 Å². The molecular weight excluding hydrogens is 346 g/mol. The van der Waals surface area contributed by atoms with E-state index in [0.717, 1.165) is 28.1 Å². The molecule has 5 nitrogen and oxygen atoms in total. The molecule has 2 aromatic heterocycles. The monoisotopic (exact) mass is 365 g/mol. The van der Waals surface area contributed by atoms with Gasteiger partial charge in [0.05, 0.1) is 16.7 Å². The minimum atomic E-state index is 0.681. The maximum absolute atomic E-state index is 4.85. The smallest absolute Gasteiger partial charge is 0.197 e. The van der Waals surface area contributed by atoms with E-state index in [1.54, 1.807) is 0 Å². The van der Waals surface area contributed by atoms with Gasteiger partial charge in [0.15, 0.2) is 11.6 Å². The number of benzene rings is 3. The Morgan fingerprint density at radius 2 is 1.46 bits per heavy atom. The lowest BCUT2D eigenvalue weighted by atomic mass is 10.1. The van der Waals surface area contributed by atoms with Gasteiger partial charge in [-0.1, -0.05) is 42.5 Å². The van der Waals surface area contributed by atoms with E-state index in [-0.39, 0.29) is 0 Å². The summed E-state index contributed by atoms with van der Waals surface area (Å²) in [5.41, 5.74) is 4.61. The van der Waals surface area contributed by atoms with Crippen LogP contribution in [-0.2, 0) is 0 Å². The summed E-state index contributed by atoms with van der Waals surface area (Å²) in [6.07, 6.45) is 0. The third-order valence-corrected chi connectivity index (χ3v) is 4.77. The van der Waals surface area contributed by atoms with E-state index in [4.69, 9.17) is 9.97 Å². The fourth-order valence-electron chi connectivity index (χ4n) is 3.47. The second kappa shape index (κ2) is 6.46. The number of para-hydroxylation sites is 2. The average Bonchev–Trinajstić information content (AvgIpc) is 3.05. The van der Waals surface area contributed by atoms with E-state index >= 15 is 0 Å². The molecule has 1 N–H and O–H groups in total. The average molecular weight is 365 g/mol. The summed E-state index contributed by atoms with van der Waals surface area (Å²) < 4.78 is 1.85. The molecule has 0 radical (unpaired) electrons. The number of aryl methyl sites for hydroxylation is 2. The van der Waals surface area contributed by atoms with Crippen LogP contribution in [0, 0.1) is 13.8 Å². The molecule has 0 amide bonds. The zero-order chi connectivity index (χ0) is 19.1. The molecule has 5 rings (SSSR count). The van der Waals surface area contributed by atoms with Crippen molar-refractivity contribution in [3.8, 4) is 5.82 Å². The standard InChI is InChI=1S/C23H19N5/c1-15-13-16(2)28(27-15)23-22(25-20-9-5-6-10-21(20)26-23)24-19-12-11-17-7-3-4-8-18(17)14-19/h3-14H,1-2H3,(H,24,25). The minimum Gasteiger partial charge on any atom is -0.337 e. The lowest BCUT2D eigenvalue weighted by Crippen LogP contribution is -2.08. The van der Waals surface area contributed by atoms with Crippen LogP contribution < -0.4 is 5.32 Å². The van der Waals surface area contributed by atoms with Gasteiger partial charge in [-0.25, -0.2) is 14.6 Å². The highest BCUT2D eigenvalue weighted by Gasteiger charge is 2.14. The number of fused-ring (bicyclic) bond motifs is 2. The van der Waals surface area contributed by atoms with E-state index < -0.39 is 0 Å². The number of nitrogens with zero attached hydrogens (tertiary/aromatic N) is 4. The predicted octanol–water partition coefficient (Wildman–Crippen LogP) is 5.33. The lowest BCUT2D eigenvalue weighted by molar-refractivity contribution is 0.808. The Labute approximate surface area is 162 Å². The fourth-order valence-corrected chi connectivity index (χ4v) is 3.47. The Bertz CT molecular complexity index is 1320. The molecule has 0 bridgehead atoms. The molecule has 2 heterocycles. The first-order valence-electron chi connectivity index (χ1n) is 9.24. The predicted molar refractivity (Wildman–Crippen MR) is 113 cm³/mol.